The maximum atomic E-state index is 6.19. The van der Waals surface area contributed by atoms with E-state index in [1.165, 1.54) is 18.4 Å². The second-order valence-electron chi connectivity index (χ2n) is 4.20. The van der Waals surface area contributed by atoms with E-state index in [4.69, 9.17) is 11.5 Å². The molecule has 0 saturated carbocycles. The van der Waals surface area contributed by atoms with Crippen LogP contribution in [-0.2, 0) is 0 Å². The van der Waals surface area contributed by atoms with Crippen molar-refractivity contribution in [2.45, 2.75) is 38.1 Å². The first-order valence-corrected chi connectivity index (χ1v) is 6.69. The SMILES string of the molecule is CCCCC(N)C(CN)c1ccc(Br)cc1. The van der Waals surface area contributed by atoms with Crippen LogP contribution >= 0.6 is 15.9 Å². The minimum absolute atomic E-state index is 0.172. The molecule has 1 aromatic carbocycles. The molecule has 0 saturated heterocycles. The van der Waals surface area contributed by atoms with Crippen LogP contribution in [0.15, 0.2) is 28.7 Å². The van der Waals surface area contributed by atoms with Gasteiger partial charge in [-0.3, -0.25) is 0 Å². The highest BCUT2D eigenvalue weighted by Gasteiger charge is 2.17. The molecule has 2 unspecified atom stereocenters. The van der Waals surface area contributed by atoms with Gasteiger partial charge in [-0.25, -0.2) is 0 Å². The lowest BCUT2D eigenvalue weighted by molar-refractivity contribution is 0.487. The van der Waals surface area contributed by atoms with Gasteiger partial charge in [0, 0.05) is 23.0 Å². The average molecular weight is 285 g/mol. The van der Waals surface area contributed by atoms with Crippen molar-refractivity contribution in [2.24, 2.45) is 11.5 Å². The Balaban J connectivity index is 2.69. The molecule has 0 fully saturated rings. The molecule has 0 radical (unpaired) electrons. The van der Waals surface area contributed by atoms with Gasteiger partial charge in [0.15, 0.2) is 0 Å². The largest absolute Gasteiger partial charge is 0.330 e. The molecule has 0 heterocycles. The molecule has 2 atom stereocenters. The number of nitrogens with two attached hydrogens (primary N) is 2. The fraction of sp³-hybridized carbons (Fsp3) is 0.538. The van der Waals surface area contributed by atoms with E-state index in [1.807, 2.05) is 12.1 Å². The zero-order valence-corrected chi connectivity index (χ0v) is 11.4. The molecule has 1 rings (SSSR count). The number of hydrogen-bond acceptors (Lipinski definition) is 2. The van der Waals surface area contributed by atoms with Crippen LogP contribution in [0.4, 0.5) is 0 Å². The van der Waals surface area contributed by atoms with Gasteiger partial charge in [0.1, 0.15) is 0 Å². The van der Waals surface area contributed by atoms with E-state index >= 15 is 0 Å². The number of benzene rings is 1. The lowest BCUT2D eigenvalue weighted by Crippen LogP contribution is -2.33. The topological polar surface area (TPSA) is 52.0 Å². The standard InChI is InChI=1S/C13H21BrN2/c1-2-3-4-13(16)12(9-15)10-5-7-11(14)8-6-10/h5-8,12-13H,2-4,9,15-16H2,1H3. The lowest BCUT2D eigenvalue weighted by Gasteiger charge is -2.22. The predicted octanol–water partition coefficient (Wildman–Crippen LogP) is 3.01. The molecule has 3 heteroatoms. The average Bonchev–Trinajstić information content (AvgIpc) is 2.30. The Bertz CT molecular complexity index is 297. The van der Waals surface area contributed by atoms with Gasteiger partial charge in [-0.15, -0.1) is 0 Å². The summed E-state index contributed by atoms with van der Waals surface area (Å²) in [6, 6.07) is 8.47. The first-order valence-electron chi connectivity index (χ1n) is 5.90. The van der Waals surface area contributed by atoms with Crippen molar-refractivity contribution in [2.75, 3.05) is 6.54 Å². The van der Waals surface area contributed by atoms with E-state index in [0.717, 1.165) is 10.9 Å². The van der Waals surface area contributed by atoms with Crippen LogP contribution in [0.3, 0.4) is 0 Å². The van der Waals surface area contributed by atoms with Crippen LogP contribution in [0.2, 0.25) is 0 Å². The van der Waals surface area contributed by atoms with Crippen LogP contribution in [0.5, 0.6) is 0 Å². The van der Waals surface area contributed by atoms with Crippen molar-refractivity contribution in [3.05, 3.63) is 34.3 Å². The third-order valence-electron chi connectivity index (χ3n) is 2.96. The predicted molar refractivity (Wildman–Crippen MR) is 73.4 cm³/mol. The summed E-state index contributed by atoms with van der Waals surface area (Å²) >= 11 is 3.43. The molecule has 0 aliphatic heterocycles. The fourth-order valence-corrected chi connectivity index (χ4v) is 2.17. The van der Waals surface area contributed by atoms with Crippen LogP contribution in [0, 0.1) is 0 Å². The van der Waals surface area contributed by atoms with Gasteiger partial charge >= 0.3 is 0 Å². The van der Waals surface area contributed by atoms with Gasteiger partial charge in [0.25, 0.3) is 0 Å². The smallest absolute Gasteiger partial charge is 0.0175 e. The quantitative estimate of drug-likeness (QED) is 0.844. The minimum Gasteiger partial charge on any atom is -0.330 e. The molecule has 0 aliphatic rings. The van der Waals surface area contributed by atoms with E-state index in [-0.39, 0.29) is 12.0 Å². The molecule has 90 valence electrons. The normalized spacial score (nSPS) is 14.8. The summed E-state index contributed by atoms with van der Waals surface area (Å²) in [6.07, 6.45) is 3.41. The monoisotopic (exact) mass is 284 g/mol. The summed E-state index contributed by atoms with van der Waals surface area (Å²) in [7, 11) is 0. The summed E-state index contributed by atoms with van der Waals surface area (Å²) in [4.78, 5) is 0. The van der Waals surface area contributed by atoms with Crippen molar-refractivity contribution in [3.63, 3.8) is 0 Å². The van der Waals surface area contributed by atoms with E-state index in [0.29, 0.717) is 6.54 Å². The van der Waals surface area contributed by atoms with Crippen LogP contribution in [-0.4, -0.2) is 12.6 Å². The van der Waals surface area contributed by atoms with Gasteiger partial charge in [-0.1, -0.05) is 47.8 Å². The Kier molecular flexibility index (Phi) is 6.03. The van der Waals surface area contributed by atoms with Crippen LogP contribution < -0.4 is 11.5 Å². The molecule has 0 bridgehead atoms. The van der Waals surface area contributed by atoms with Crippen LogP contribution in [0.1, 0.15) is 37.7 Å². The Morgan fingerprint density at radius 1 is 1.25 bits per heavy atom. The molecule has 0 aliphatic carbocycles. The van der Waals surface area contributed by atoms with Crippen molar-refractivity contribution in [3.8, 4) is 0 Å². The Hall–Kier alpha value is -0.380. The number of hydrogen-bond donors (Lipinski definition) is 2. The summed E-state index contributed by atoms with van der Waals surface area (Å²) in [6.45, 7) is 2.80. The molecular formula is C13H21BrN2. The van der Waals surface area contributed by atoms with E-state index < -0.39 is 0 Å². The number of rotatable bonds is 6. The first-order chi connectivity index (χ1) is 7.69. The number of unbranched alkanes of at least 4 members (excludes halogenated alkanes) is 1. The zero-order valence-electron chi connectivity index (χ0n) is 9.83. The Morgan fingerprint density at radius 3 is 2.38 bits per heavy atom. The van der Waals surface area contributed by atoms with Crippen LogP contribution in [0.25, 0.3) is 0 Å². The Labute approximate surface area is 107 Å². The molecule has 2 nitrogen and oxygen atoms in total. The van der Waals surface area contributed by atoms with Crippen molar-refractivity contribution in [1.29, 1.82) is 0 Å². The summed E-state index contributed by atoms with van der Waals surface area (Å²) < 4.78 is 1.09. The third-order valence-corrected chi connectivity index (χ3v) is 3.49. The van der Waals surface area contributed by atoms with Gasteiger partial charge in [-0.05, 0) is 24.1 Å². The Morgan fingerprint density at radius 2 is 1.88 bits per heavy atom. The zero-order chi connectivity index (χ0) is 12.0. The van der Waals surface area contributed by atoms with E-state index in [2.05, 4.69) is 35.0 Å². The van der Waals surface area contributed by atoms with E-state index in [9.17, 15) is 0 Å². The lowest BCUT2D eigenvalue weighted by atomic mass is 9.89. The molecular weight excluding hydrogens is 264 g/mol. The third kappa shape index (κ3) is 3.89. The van der Waals surface area contributed by atoms with Gasteiger partial charge in [0.2, 0.25) is 0 Å². The maximum absolute atomic E-state index is 6.19. The van der Waals surface area contributed by atoms with Crippen molar-refractivity contribution >= 4 is 15.9 Å². The summed E-state index contributed by atoms with van der Waals surface area (Å²) in [5.74, 6) is 0.277. The van der Waals surface area contributed by atoms with Gasteiger partial charge in [-0.2, -0.15) is 0 Å². The minimum atomic E-state index is 0.172. The van der Waals surface area contributed by atoms with Gasteiger partial charge < -0.3 is 11.5 Å². The molecule has 4 N–H and O–H groups in total. The summed E-state index contributed by atoms with van der Waals surface area (Å²) in [5.41, 5.74) is 13.3. The molecule has 0 amide bonds. The maximum Gasteiger partial charge on any atom is 0.0175 e. The molecule has 1 aromatic rings. The number of halogens is 1. The van der Waals surface area contributed by atoms with E-state index in [1.54, 1.807) is 0 Å². The fourth-order valence-electron chi connectivity index (χ4n) is 1.91. The second kappa shape index (κ2) is 7.05. The van der Waals surface area contributed by atoms with Gasteiger partial charge in [0.05, 0.1) is 0 Å². The highest BCUT2D eigenvalue weighted by Crippen LogP contribution is 2.22. The molecule has 16 heavy (non-hydrogen) atoms. The molecule has 0 spiro atoms. The highest BCUT2D eigenvalue weighted by molar-refractivity contribution is 9.10. The summed E-state index contributed by atoms with van der Waals surface area (Å²) in [5, 5.41) is 0. The molecule has 0 aromatic heterocycles. The second-order valence-corrected chi connectivity index (χ2v) is 5.12. The first kappa shape index (κ1) is 13.7. The highest BCUT2D eigenvalue weighted by atomic mass is 79.9. The van der Waals surface area contributed by atoms with Crippen molar-refractivity contribution in [1.82, 2.24) is 0 Å². The van der Waals surface area contributed by atoms with Crippen molar-refractivity contribution < 1.29 is 0 Å².